The minimum Gasteiger partial charge on any atom is -1.00 e. The summed E-state index contributed by atoms with van der Waals surface area (Å²) in [6, 6.07) is 0. The second-order valence-electron chi connectivity index (χ2n) is 1.10. The monoisotopic (exact) mass is 158 g/mol. The van der Waals surface area contributed by atoms with Crippen molar-refractivity contribution in [2.45, 2.75) is 0 Å². The van der Waals surface area contributed by atoms with Crippen molar-refractivity contribution in [3.05, 3.63) is 12.7 Å². The van der Waals surface area contributed by atoms with E-state index < -0.39 is 5.97 Å². The molecule has 0 aliphatic rings. The van der Waals surface area contributed by atoms with Gasteiger partial charge in [-0.25, -0.2) is 4.79 Å². The predicted molar refractivity (Wildman–Crippen MR) is 36.2 cm³/mol. The number of ether oxygens (including phenoxy) is 1. The van der Waals surface area contributed by atoms with Crippen LogP contribution in [0.3, 0.4) is 0 Å². The van der Waals surface area contributed by atoms with Crippen molar-refractivity contribution >= 4 is 43.7 Å². The first-order valence-corrected chi connectivity index (χ1v) is 2.21. The quantitative estimate of drug-likeness (QED) is 0.344. The Balaban J connectivity index is -0.0000000817. The van der Waals surface area contributed by atoms with Crippen LogP contribution in [0.5, 0.6) is 0 Å². The molecule has 0 aromatic rings. The molecule has 0 atom stereocenters. The molecule has 1 N–H and O–H groups in total. The summed E-state index contributed by atoms with van der Waals surface area (Å²) in [6.45, 7) is 3.06. The number of hydrogen-bond acceptors (Lipinski definition) is 3. The molecule has 0 bridgehead atoms. The van der Waals surface area contributed by atoms with Gasteiger partial charge in [0.2, 0.25) is 0 Å². The van der Waals surface area contributed by atoms with E-state index in [4.69, 9.17) is 5.11 Å². The summed E-state index contributed by atoms with van der Waals surface area (Å²) in [5, 5.41) is 8.10. The van der Waals surface area contributed by atoms with E-state index in [0.717, 1.165) is 6.08 Å². The second kappa shape index (κ2) is 8.43. The van der Waals surface area contributed by atoms with Crippen LogP contribution >= 0.6 is 0 Å². The Morgan fingerprint density at radius 1 is 1.89 bits per heavy atom. The van der Waals surface area contributed by atoms with Crippen LogP contribution in [0.2, 0.25) is 0 Å². The van der Waals surface area contributed by atoms with Gasteiger partial charge in [0.25, 0.3) is 0 Å². The van der Waals surface area contributed by atoms with Crippen molar-refractivity contribution in [3.63, 3.8) is 0 Å². The van der Waals surface area contributed by atoms with Gasteiger partial charge in [-0.1, -0.05) is 6.58 Å². The van der Waals surface area contributed by atoms with Crippen LogP contribution in [0, 0.1) is 0 Å². The number of rotatable bonds is 3. The number of carbonyl (C=O) groups is 1. The Hall–Kier alpha value is 0.430. The molecule has 4 heteroatoms. The van der Waals surface area contributed by atoms with Crippen molar-refractivity contribution in [1.29, 1.82) is 0 Å². The van der Waals surface area contributed by atoms with Gasteiger partial charge in [0.05, 0.1) is 6.61 Å². The molecule has 0 aromatic heterocycles. The minimum atomic E-state index is -0.501. The van der Waals surface area contributed by atoms with Gasteiger partial charge in [0.1, 0.15) is 6.61 Å². The summed E-state index contributed by atoms with van der Waals surface area (Å²) in [4.78, 5) is 10.1. The molecule has 9 heavy (non-hydrogen) atoms. The number of esters is 1. The van der Waals surface area contributed by atoms with Gasteiger partial charge in [-0.05, 0) is 0 Å². The molecule has 0 aliphatic heterocycles. The summed E-state index contributed by atoms with van der Waals surface area (Å²) in [6.07, 6.45) is 1.05. The molecule has 0 aromatic carbocycles. The van der Waals surface area contributed by atoms with Gasteiger partial charge in [0, 0.05) is 6.08 Å². The first-order chi connectivity index (χ1) is 3.81. The molecule has 0 amide bonds. The Morgan fingerprint density at radius 3 is 2.78 bits per heavy atom. The van der Waals surface area contributed by atoms with Crippen LogP contribution in [0.25, 0.3) is 0 Å². The standard InChI is InChI=1S/C5H8O3.Ca.2H/c1-2-5(7)8-4-3-6;;;/h2,6H,1,3-4H2;;;/q;+2;2*-1. The Morgan fingerprint density at radius 2 is 2.44 bits per heavy atom. The van der Waals surface area contributed by atoms with Gasteiger partial charge >= 0.3 is 43.7 Å². The molecule has 0 radical (unpaired) electrons. The molecule has 0 unspecified atom stereocenters. The van der Waals surface area contributed by atoms with E-state index in [1.165, 1.54) is 0 Å². The van der Waals surface area contributed by atoms with E-state index in [2.05, 4.69) is 11.3 Å². The van der Waals surface area contributed by atoms with Crippen LogP contribution in [0.4, 0.5) is 0 Å². The van der Waals surface area contributed by atoms with Crippen molar-refractivity contribution in [2.75, 3.05) is 13.2 Å². The van der Waals surface area contributed by atoms with Gasteiger partial charge in [0.15, 0.2) is 0 Å². The molecule has 0 spiro atoms. The SMILES string of the molecule is C=CC(=O)OCCO.[Ca+2].[H-].[H-]. The fraction of sp³-hybridized carbons (Fsp3) is 0.400. The smallest absolute Gasteiger partial charge is 1.00 e. The summed E-state index contributed by atoms with van der Waals surface area (Å²) in [5.74, 6) is -0.501. The summed E-state index contributed by atoms with van der Waals surface area (Å²) >= 11 is 0. The normalized spacial score (nSPS) is 7.22. The summed E-state index contributed by atoms with van der Waals surface area (Å²) in [7, 11) is 0. The van der Waals surface area contributed by atoms with Crippen molar-refractivity contribution in [3.8, 4) is 0 Å². The molecule has 0 rings (SSSR count). The average Bonchev–Trinajstić information content (AvgIpc) is 1.83. The van der Waals surface area contributed by atoms with Crippen LogP contribution in [0.15, 0.2) is 12.7 Å². The van der Waals surface area contributed by atoms with Gasteiger partial charge in [-0.15, -0.1) is 0 Å². The van der Waals surface area contributed by atoms with E-state index in [0.29, 0.717) is 0 Å². The second-order valence-corrected chi connectivity index (χ2v) is 1.10. The average molecular weight is 158 g/mol. The van der Waals surface area contributed by atoms with Crippen LogP contribution < -0.4 is 0 Å². The minimum absolute atomic E-state index is 0. The van der Waals surface area contributed by atoms with E-state index in [1.807, 2.05) is 0 Å². The number of aliphatic hydroxyl groups excluding tert-OH is 1. The summed E-state index contributed by atoms with van der Waals surface area (Å²) < 4.78 is 4.33. The van der Waals surface area contributed by atoms with E-state index in [1.54, 1.807) is 0 Å². The first kappa shape index (κ1) is 12.1. The fourth-order valence-corrected chi connectivity index (χ4v) is 0.205. The Labute approximate surface area is 86.7 Å². The van der Waals surface area contributed by atoms with E-state index in [9.17, 15) is 4.79 Å². The van der Waals surface area contributed by atoms with Crippen LogP contribution in [-0.2, 0) is 9.53 Å². The third-order valence-corrected chi connectivity index (χ3v) is 0.502. The predicted octanol–water partition coefficient (Wildman–Crippen LogP) is -0.448. The zero-order chi connectivity index (χ0) is 6.41. The molecule has 50 valence electrons. The zero-order valence-electron chi connectivity index (χ0n) is 7.17. The van der Waals surface area contributed by atoms with Crippen LogP contribution in [-0.4, -0.2) is 62.0 Å². The zero-order valence-corrected chi connectivity index (χ0v) is 7.38. The molecule has 0 fully saturated rings. The topological polar surface area (TPSA) is 46.5 Å². The summed E-state index contributed by atoms with van der Waals surface area (Å²) in [5.41, 5.74) is 0. The molecule has 0 saturated carbocycles. The van der Waals surface area contributed by atoms with Gasteiger partial charge in [-0.3, -0.25) is 0 Å². The Bertz CT molecular complexity index is 99.7. The Kier molecular flexibility index (Phi) is 11.4. The molecular formula is C5H10CaO3. The number of carbonyl (C=O) groups excluding carboxylic acids is 1. The molecule has 0 saturated heterocycles. The van der Waals surface area contributed by atoms with Crippen molar-refractivity contribution < 1.29 is 17.5 Å². The van der Waals surface area contributed by atoms with Crippen LogP contribution in [0.1, 0.15) is 2.85 Å². The largest absolute Gasteiger partial charge is 2.00 e. The maximum absolute atomic E-state index is 10.1. The van der Waals surface area contributed by atoms with E-state index >= 15 is 0 Å². The number of hydrogen-bond donors (Lipinski definition) is 1. The first-order valence-electron chi connectivity index (χ1n) is 2.21. The van der Waals surface area contributed by atoms with Gasteiger partial charge in [-0.2, -0.15) is 0 Å². The maximum atomic E-state index is 10.1. The van der Waals surface area contributed by atoms with Crippen molar-refractivity contribution in [1.82, 2.24) is 0 Å². The molecule has 0 aliphatic carbocycles. The van der Waals surface area contributed by atoms with Crippen molar-refractivity contribution in [2.24, 2.45) is 0 Å². The fourth-order valence-electron chi connectivity index (χ4n) is 0.205. The maximum Gasteiger partial charge on any atom is 2.00 e. The molecule has 3 nitrogen and oxygen atoms in total. The van der Waals surface area contributed by atoms with E-state index in [-0.39, 0.29) is 53.8 Å². The van der Waals surface area contributed by atoms with Gasteiger partial charge < -0.3 is 12.7 Å². The third kappa shape index (κ3) is 8.43. The molecule has 0 heterocycles. The number of aliphatic hydroxyl groups is 1. The third-order valence-electron chi connectivity index (χ3n) is 0.502. The molecular weight excluding hydrogens is 148 g/mol.